The number of nitrogens with one attached hydrogen (secondary N) is 1. The normalized spacial score (nSPS) is 16.5. The largest absolute Gasteiger partial charge is 0.493 e. The molecule has 158 valence electrons. The Morgan fingerprint density at radius 2 is 1.90 bits per heavy atom. The molecule has 1 atom stereocenters. The Hall–Kier alpha value is -2.90. The molecule has 1 saturated heterocycles. The van der Waals surface area contributed by atoms with Crippen LogP contribution < -0.4 is 10.1 Å². The quantitative estimate of drug-likeness (QED) is 0.675. The number of piperazine rings is 1. The van der Waals surface area contributed by atoms with Crippen molar-refractivity contribution in [1.82, 2.24) is 15.1 Å². The van der Waals surface area contributed by atoms with Gasteiger partial charge in [-0.2, -0.15) is 0 Å². The van der Waals surface area contributed by atoms with E-state index in [1.54, 1.807) is 31.4 Å². The molecule has 1 unspecified atom stereocenters. The fraction of sp³-hybridized carbons (Fsp3) is 0.348. The van der Waals surface area contributed by atoms with Gasteiger partial charge in [0, 0.05) is 38.1 Å². The molecule has 1 aromatic heterocycles. The van der Waals surface area contributed by atoms with Crippen molar-refractivity contribution < 1.29 is 18.3 Å². The van der Waals surface area contributed by atoms with E-state index in [0.717, 1.165) is 37.1 Å². The van der Waals surface area contributed by atoms with Crippen LogP contribution in [0, 0.1) is 5.82 Å². The highest BCUT2D eigenvalue weighted by Gasteiger charge is 2.25. The number of halogens is 1. The number of likely N-dealkylation sites (N-methyl/N-ethyl adjacent to an activating group) is 1. The molecule has 4 rings (SSSR count). The fourth-order valence-electron chi connectivity index (χ4n) is 3.86. The second-order valence-corrected chi connectivity index (χ2v) is 7.61. The molecule has 2 aromatic carbocycles. The first-order valence-corrected chi connectivity index (χ1v) is 10.1. The Labute approximate surface area is 175 Å². The number of hydrogen-bond donors (Lipinski definition) is 1. The molecule has 0 spiro atoms. The topological polar surface area (TPSA) is 58.0 Å². The van der Waals surface area contributed by atoms with Crippen LogP contribution in [0.5, 0.6) is 5.75 Å². The summed E-state index contributed by atoms with van der Waals surface area (Å²) < 4.78 is 24.5. The van der Waals surface area contributed by atoms with Crippen LogP contribution in [0.1, 0.15) is 22.2 Å². The molecular formula is C23H26FN3O3. The molecule has 1 amide bonds. The first-order valence-electron chi connectivity index (χ1n) is 10.1. The maximum absolute atomic E-state index is 13.4. The van der Waals surface area contributed by atoms with E-state index in [1.807, 2.05) is 12.1 Å². The van der Waals surface area contributed by atoms with E-state index >= 15 is 0 Å². The summed E-state index contributed by atoms with van der Waals surface area (Å²) in [4.78, 5) is 17.4. The number of para-hydroxylation sites is 1. The first-order chi connectivity index (χ1) is 14.5. The molecule has 2 heterocycles. The second kappa shape index (κ2) is 8.85. The predicted molar refractivity (Wildman–Crippen MR) is 113 cm³/mol. The van der Waals surface area contributed by atoms with Crippen LogP contribution in [0.3, 0.4) is 0 Å². The average molecular weight is 411 g/mol. The highest BCUT2D eigenvalue weighted by atomic mass is 19.1. The van der Waals surface area contributed by atoms with Gasteiger partial charge in [0.25, 0.3) is 5.91 Å². The Morgan fingerprint density at radius 1 is 1.17 bits per heavy atom. The third kappa shape index (κ3) is 4.32. The lowest BCUT2D eigenvalue weighted by Gasteiger charge is -2.38. The minimum Gasteiger partial charge on any atom is -0.493 e. The van der Waals surface area contributed by atoms with Gasteiger partial charge in [0.2, 0.25) is 0 Å². The van der Waals surface area contributed by atoms with Gasteiger partial charge in [-0.3, -0.25) is 9.69 Å². The highest BCUT2D eigenvalue weighted by molar-refractivity contribution is 5.97. The number of furan rings is 1. The van der Waals surface area contributed by atoms with Crippen molar-refractivity contribution >= 4 is 16.9 Å². The van der Waals surface area contributed by atoms with Gasteiger partial charge >= 0.3 is 0 Å². The van der Waals surface area contributed by atoms with Crippen LogP contribution in [0.2, 0.25) is 0 Å². The van der Waals surface area contributed by atoms with E-state index in [2.05, 4.69) is 22.2 Å². The molecule has 0 aliphatic carbocycles. The summed E-state index contributed by atoms with van der Waals surface area (Å²) in [6.45, 7) is 4.08. The average Bonchev–Trinajstić information content (AvgIpc) is 3.20. The monoisotopic (exact) mass is 411 g/mol. The maximum atomic E-state index is 13.4. The van der Waals surface area contributed by atoms with E-state index < -0.39 is 0 Å². The summed E-state index contributed by atoms with van der Waals surface area (Å²) in [5.41, 5.74) is 1.53. The van der Waals surface area contributed by atoms with Gasteiger partial charge in [-0.05, 0) is 36.9 Å². The third-order valence-corrected chi connectivity index (χ3v) is 5.64. The van der Waals surface area contributed by atoms with Gasteiger partial charge in [0.05, 0.1) is 13.2 Å². The lowest BCUT2D eigenvalue weighted by atomic mass is 10.0. The number of nitrogens with zero attached hydrogens (tertiary/aromatic N) is 2. The number of ether oxygens (including phenoxy) is 1. The number of rotatable bonds is 6. The van der Waals surface area contributed by atoms with Crippen LogP contribution >= 0.6 is 0 Å². The van der Waals surface area contributed by atoms with E-state index in [-0.39, 0.29) is 23.5 Å². The maximum Gasteiger partial charge on any atom is 0.287 e. The molecule has 3 aromatic rings. The van der Waals surface area contributed by atoms with Gasteiger partial charge in [-0.15, -0.1) is 0 Å². The van der Waals surface area contributed by atoms with Gasteiger partial charge in [0.15, 0.2) is 17.1 Å². The number of benzene rings is 2. The summed E-state index contributed by atoms with van der Waals surface area (Å²) in [6, 6.07) is 13.7. The first kappa shape index (κ1) is 20.4. The lowest BCUT2D eigenvalue weighted by Crippen LogP contribution is -2.48. The smallest absolute Gasteiger partial charge is 0.287 e. The molecule has 1 N–H and O–H groups in total. The summed E-state index contributed by atoms with van der Waals surface area (Å²) in [7, 11) is 3.67. The number of carbonyl (C=O) groups is 1. The molecule has 0 radical (unpaired) electrons. The number of methoxy groups -OCH3 is 1. The van der Waals surface area contributed by atoms with Gasteiger partial charge in [-0.25, -0.2) is 4.39 Å². The second-order valence-electron chi connectivity index (χ2n) is 7.61. The van der Waals surface area contributed by atoms with E-state index in [9.17, 15) is 9.18 Å². The van der Waals surface area contributed by atoms with Crippen molar-refractivity contribution in [2.45, 2.75) is 6.04 Å². The molecule has 0 bridgehead atoms. The number of hydrogen-bond acceptors (Lipinski definition) is 5. The Morgan fingerprint density at radius 3 is 2.60 bits per heavy atom. The van der Waals surface area contributed by atoms with Crippen LogP contribution in [0.25, 0.3) is 11.0 Å². The Balaban J connectivity index is 1.51. The van der Waals surface area contributed by atoms with E-state index in [4.69, 9.17) is 9.15 Å². The number of fused-ring (bicyclic) bond motifs is 1. The Kier molecular flexibility index (Phi) is 6.01. The highest BCUT2D eigenvalue weighted by Crippen LogP contribution is 2.28. The molecule has 1 aliphatic rings. The molecule has 1 fully saturated rings. The lowest BCUT2D eigenvalue weighted by molar-refractivity contribution is 0.0864. The van der Waals surface area contributed by atoms with Gasteiger partial charge in [-0.1, -0.05) is 24.3 Å². The van der Waals surface area contributed by atoms with E-state index in [1.165, 1.54) is 12.1 Å². The Bertz CT molecular complexity index is 1010. The summed E-state index contributed by atoms with van der Waals surface area (Å²) in [5, 5.41) is 3.81. The van der Waals surface area contributed by atoms with Crippen molar-refractivity contribution in [3.63, 3.8) is 0 Å². The van der Waals surface area contributed by atoms with Crippen LogP contribution in [0.15, 0.2) is 52.9 Å². The van der Waals surface area contributed by atoms with Crippen LogP contribution in [-0.2, 0) is 0 Å². The SMILES string of the molecule is COc1cccc2cc(C(=O)NCC(c3ccc(F)cc3)N3CCN(C)CC3)oc12. The number of carbonyl (C=O) groups excluding carboxylic acids is 1. The summed E-state index contributed by atoms with van der Waals surface area (Å²) in [6.07, 6.45) is 0. The van der Waals surface area contributed by atoms with Crippen molar-refractivity contribution in [3.05, 3.63) is 65.7 Å². The predicted octanol–water partition coefficient (Wildman–Crippen LogP) is 3.30. The summed E-state index contributed by atoms with van der Waals surface area (Å²) in [5.74, 6) is 0.282. The van der Waals surface area contributed by atoms with Crippen molar-refractivity contribution in [1.29, 1.82) is 0 Å². The molecule has 1 aliphatic heterocycles. The zero-order chi connectivity index (χ0) is 21.1. The van der Waals surface area contributed by atoms with Gasteiger partial charge in [0.1, 0.15) is 5.82 Å². The molecule has 6 nitrogen and oxygen atoms in total. The third-order valence-electron chi connectivity index (χ3n) is 5.64. The molecule has 0 saturated carbocycles. The van der Waals surface area contributed by atoms with Crippen LogP contribution in [0.4, 0.5) is 4.39 Å². The molecular weight excluding hydrogens is 385 g/mol. The zero-order valence-electron chi connectivity index (χ0n) is 17.2. The van der Waals surface area contributed by atoms with E-state index in [0.29, 0.717) is 17.9 Å². The minimum absolute atomic E-state index is 0.0397. The minimum atomic E-state index is -0.283. The van der Waals surface area contributed by atoms with Gasteiger partial charge < -0.3 is 19.4 Å². The molecule has 30 heavy (non-hydrogen) atoms. The standard InChI is InChI=1S/C23H26FN3O3/c1-26-10-12-27(13-11-26)19(16-6-8-18(24)9-7-16)15-25-23(28)21-14-17-4-3-5-20(29-2)22(17)30-21/h3-9,14,19H,10-13,15H2,1-2H3,(H,25,28). The van der Waals surface area contributed by atoms with Crippen molar-refractivity contribution in [3.8, 4) is 5.75 Å². The zero-order valence-corrected chi connectivity index (χ0v) is 17.2. The molecule has 7 heteroatoms. The van der Waals surface area contributed by atoms with Crippen molar-refractivity contribution in [2.24, 2.45) is 0 Å². The number of amides is 1. The summed E-state index contributed by atoms with van der Waals surface area (Å²) >= 11 is 0. The fourth-order valence-corrected chi connectivity index (χ4v) is 3.86. The van der Waals surface area contributed by atoms with Crippen molar-refractivity contribution in [2.75, 3.05) is 46.9 Å². The van der Waals surface area contributed by atoms with Crippen LogP contribution in [-0.4, -0.2) is 62.6 Å².